The van der Waals surface area contributed by atoms with E-state index in [0.717, 1.165) is 6.42 Å². The first-order valence-electron chi connectivity index (χ1n) is 3.51. The fourth-order valence-corrected chi connectivity index (χ4v) is 0.436. The lowest BCUT2D eigenvalue weighted by Gasteiger charge is -2.02. The van der Waals surface area contributed by atoms with E-state index in [-0.39, 0.29) is 6.09 Å². The van der Waals surface area contributed by atoms with Crippen LogP contribution < -0.4 is 5.32 Å². The maximum absolute atomic E-state index is 10.6. The van der Waals surface area contributed by atoms with Gasteiger partial charge >= 0.3 is 6.09 Å². The van der Waals surface area contributed by atoms with Crippen molar-refractivity contribution in [1.29, 1.82) is 0 Å². The van der Waals surface area contributed by atoms with Gasteiger partial charge in [-0.05, 0) is 12.8 Å². The average molecular weight is 144 g/mol. The first kappa shape index (κ1) is 9.27. The van der Waals surface area contributed by atoms with Crippen molar-refractivity contribution in [2.45, 2.75) is 19.8 Å². The lowest BCUT2D eigenvalue weighted by Crippen LogP contribution is -2.25. The maximum atomic E-state index is 10.6. The van der Waals surface area contributed by atoms with Gasteiger partial charge < -0.3 is 10.1 Å². The van der Waals surface area contributed by atoms with Crippen LogP contribution in [0, 0.1) is 6.92 Å². The van der Waals surface area contributed by atoms with E-state index < -0.39 is 0 Å². The van der Waals surface area contributed by atoms with Gasteiger partial charge in [-0.25, -0.2) is 4.79 Å². The Kier molecular flexibility index (Phi) is 5.92. The normalized spacial score (nSPS) is 9.00. The monoisotopic (exact) mass is 144 g/mol. The third-order valence-electron chi connectivity index (χ3n) is 0.883. The standard InChI is InChI=1S/C7H14NO2/c1-3-5-8-7(9)10-6-4-2/h1,3-6H2,2H3,(H,8,9). The maximum Gasteiger partial charge on any atom is 0.407 e. The van der Waals surface area contributed by atoms with E-state index in [9.17, 15) is 4.79 Å². The summed E-state index contributed by atoms with van der Waals surface area (Å²) in [5.74, 6) is 0. The quantitative estimate of drug-likeness (QED) is 0.646. The fraction of sp³-hybridized carbons (Fsp3) is 0.714. The SMILES string of the molecule is [CH2]CCNC(=O)OCCC. The van der Waals surface area contributed by atoms with Crippen LogP contribution in [0.15, 0.2) is 0 Å². The number of hydrogen-bond donors (Lipinski definition) is 1. The highest BCUT2D eigenvalue weighted by Crippen LogP contribution is 1.81. The second-order valence-corrected chi connectivity index (χ2v) is 1.92. The Morgan fingerprint density at radius 1 is 1.70 bits per heavy atom. The summed E-state index contributed by atoms with van der Waals surface area (Å²) in [6.45, 7) is 6.60. The Morgan fingerprint density at radius 2 is 2.40 bits per heavy atom. The van der Waals surface area contributed by atoms with E-state index in [4.69, 9.17) is 4.74 Å². The summed E-state index contributed by atoms with van der Waals surface area (Å²) >= 11 is 0. The summed E-state index contributed by atoms with van der Waals surface area (Å²) in [7, 11) is 0. The molecule has 0 aromatic rings. The van der Waals surface area contributed by atoms with E-state index in [1.54, 1.807) is 0 Å². The van der Waals surface area contributed by atoms with Gasteiger partial charge in [-0.2, -0.15) is 0 Å². The fourth-order valence-electron chi connectivity index (χ4n) is 0.436. The average Bonchev–Trinajstić information content (AvgIpc) is 1.97. The van der Waals surface area contributed by atoms with Gasteiger partial charge in [0, 0.05) is 6.54 Å². The molecule has 1 N–H and O–H groups in total. The molecule has 1 radical (unpaired) electrons. The molecule has 3 nitrogen and oxygen atoms in total. The van der Waals surface area contributed by atoms with Gasteiger partial charge in [0.1, 0.15) is 0 Å². The minimum Gasteiger partial charge on any atom is -0.450 e. The first-order valence-corrected chi connectivity index (χ1v) is 3.51. The van der Waals surface area contributed by atoms with Crippen LogP contribution in [0.2, 0.25) is 0 Å². The van der Waals surface area contributed by atoms with Crippen molar-refractivity contribution in [2.75, 3.05) is 13.2 Å². The highest BCUT2D eigenvalue weighted by Gasteiger charge is 1.96. The minimum atomic E-state index is -0.342. The van der Waals surface area contributed by atoms with Crippen molar-refractivity contribution in [1.82, 2.24) is 5.32 Å². The van der Waals surface area contributed by atoms with E-state index in [0.29, 0.717) is 19.6 Å². The third-order valence-corrected chi connectivity index (χ3v) is 0.883. The summed E-state index contributed by atoms with van der Waals surface area (Å²) in [5, 5.41) is 2.54. The van der Waals surface area contributed by atoms with E-state index in [1.165, 1.54) is 0 Å². The Hall–Kier alpha value is -0.730. The Morgan fingerprint density at radius 3 is 2.90 bits per heavy atom. The summed E-state index contributed by atoms with van der Waals surface area (Å²) in [5.41, 5.74) is 0. The zero-order chi connectivity index (χ0) is 7.82. The minimum absolute atomic E-state index is 0.342. The van der Waals surface area contributed by atoms with Gasteiger partial charge in [0.2, 0.25) is 0 Å². The number of carbonyl (C=O) groups excluding carboxylic acids is 1. The predicted octanol–water partition coefficient (Wildman–Crippen LogP) is 1.35. The molecular formula is C7H14NO2. The molecule has 0 spiro atoms. The highest BCUT2D eigenvalue weighted by atomic mass is 16.5. The summed E-state index contributed by atoms with van der Waals surface area (Å²) in [6, 6.07) is 0. The molecule has 0 aliphatic heterocycles. The smallest absolute Gasteiger partial charge is 0.407 e. The number of amides is 1. The lowest BCUT2D eigenvalue weighted by molar-refractivity contribution is 0.146. The second kappa shape index (κ2) is 6.39. The number of carbonyl (C=O) groups is 1. The first-order chi connectivity index (χ1) is 4.81. The Labute approximate surface area is 61.8 Å². The van der Waals surface area contributed by atoms with Crippen molar-refractivity contribution in [2.24, 2.45) is 0 Å². The van der Waals surface area contributed by atoms with Crippen molar-refractivity contribution in [3.8, 4) is 0 Å². The molecule has 59 valence electrons. The summed E-state index contributed by atoms with van der Waals surface area (Å²) < 4.78 is 4.72. The van der Waals surface area contributed by atoms with Gasteiger partial charge in [0.25, 0.3) is 0 Å². The topological polar surface area (TPSA) is 38.3 Å². The largest absolute Gasteiger partial charge is 0.450 e. The van der Waals surface area contributed by atoms with Gasteiger partial charge in [0.05, 0.1) is 6.61 Å². The zero-order valence-corrected chi connectivity index (χ0v) is 6.35. The van der Waals surface area contributed by atoms with E-state index in [2.05, 4.69) is 12.2 Å². The van der Waals surface area contributed by atoms with Crippen molar-refractivity contribution in [3.63, 3.8) is 0 Å². The second-order valence-electron chi connectivity index (χ2n) is 1.92. The van der Waals surface area contributed by atoms with Gasteiger partial charge in [-0.15, -0.1) is 0 Å². The number of ether oxygens (including phenoxy) is 1. The third kappa shape index (κ3) is 5.41. The molecule has 0 fully saturated rings. The highest BCUT2D eigenvalue weighted by molar-refractivity contribution is 5.66. The summed E-state index contributed by atoms with van der Waals surface area (Å²) in [6.07, 6.45) is 1.21. The lowest BCUT2D eigenvalue weighted by atomic mass is 10.5. The summed E-state index contributed by atoms with van der Waals surface area (Å²) in [4.78, 5) is 10.6. The molecule has 0 atom stereocenters. The van der Waals surface area contributed by atoms with Crippen LogP contribution in [0.3, 0.4) is 0 Å². The molecule has 1 amide bonds. The molecule has 0 unspecified atom stereocenters. The molecule has 0 bridgehead atoms. The van der Waals surface area contributed by atoms with Crippen LogP contribution in [-0.4, -0.2) is 19.2 Å². The molecule has 10 heavy (non-hydrogen) atoms. The number of nitrogens with one attached hydrogen (secondary N) is 1. The molecule has 0 aliphatic rings. The van der Waals surface area contributed by atoms with E-state index >= 15 is 0 Å². The van der Waals surface area contributed by atoms with Gasteiger partial charge in [-0.1, -0.05) is 13.8 Å². The molecule has 0 heterocycles. The van der Waals surface area contributed by atoms with Gasteiger partial charge in [-0.3, -0.25) is 0 Å². The van der Waals surface area contributed by atoms with E-state index in [1.807, 2.05) is 6.92 Å². The van der Waals surface area contributed by atoms with Crippen molar-refractivity contribution in [3.05, 3.63) is 6.92 Å². The molecule has 0 rings (SSSR count). The number of hydrogen-bond acceptors (Lipinski definition) is 2. The van der Waals surface area contributed by atoms with Crippen molar-refractivity contribution >= 4 is 6.09 Å². The predicted molar refractivity (Wildman–Crippen MR) is 39.6 cm³/mol. The van der Waals surface area contributed by atoms with Crippen LogP contribution in [0.5, 0.6) is 0 Å². The van der Waals surface area contributed by atoms with Crippen LogP contribution in [0.25, 0.3) is 0 Å². The Bertz CT molecular complexity index is 83.6. The molecule has 0 aromatic carbocycles. The number of rotatable bonds is 4. The molecule has 3 heteroatoms. The van der Waals surface area contributed by atoms with Crippen LogP contribution in [0.4, 0.5) is 4.79 Å². The van der Waals surface area contributed by atoms with Crippen LogP contribution in [0.1, 0.15) is 19.8 Å². The molecule has 0 saturated carbocycles. The molecule has 0 aliphatic carbocycles. The molecule has 0 saturated heterocycles. The van der Waals surface area contributed by atoms with Crippen LogP contribution >= 0.6 is 0 Å². The molecule has 0 aromatic heterocycles. The van der Waals surface area contributed by atoms with Crippen LogP contribution in [-0.2, 0) is 4.74 Å². The number of alkyl carbamates (subject to hydrolysis) is 1. The van der Waals surface area contributed by atoms with Crippen molar-refractivity contribution < 1.29 is 9.53 Å². The van der Waals surface area contributed by atoms with Gasteiger partial charge in [0.15, 0.2) is 0 Å². The molecular weight excluding hydrogens is 130 g/mol. The Balaban J connectivity index is 3.09. The zero-order valence-electron chi connectivity index (χ0n) is 6.35.